The van der Waals surface area contributed by atoms with Gasteiger partial charge >= 0.3 is 6.09 Å². The monoisotopic (exact) mass is 220 g/mol. The van der Waals surface area contributed by atoms with E-state index in [9.17, 15) is 4.79 Å². The summed E-state index contributed by atoms with van der Waals surface area (Å²) in [7, 11) is 0. The quantitative estimate of drug-likeness (QED) is 0.837. The van der Waals surface area contributed by atoms with Crippen LogP contribution in [0.3, 0.4) is 0 Å². The van der Waals surface area contributed by atoms with Gasteiger partial charge in [0.25, 0.3) is 0 Å². The number of amides is 1. The van der Waals surface area contributed by atoms with E-state index in [0.29, 0.717) is 19.7 Å². The maximum atomic E-state index is 11.4. The second kappa shape index (κ2) is 4.99. The fraction of sp³-hybridized carbons (Fsp3) is 0.417. The third-order valence-corrected chi connectivity index (χ3v) is 2.65. The number of cyclic esters (lactones) is 1. The fourth-order valence-corrected chi connectivity index (χ4v) is 1.81. The Balaban J connectivity index is 2.12. The van der Waals surface area contributed by atoms with Crippen molar-refractivity contribution in [2.45, 2.75) is 12.8 Å². The van der Waals surface area contributed by atoms with Gasteiger partial charge in [-0.05, 0) is 37.1 Å². The average Bonchev–Trinajstić information content (AvgIpc) is 2.73. The van der Waals surface area contributed by atoms with Crippen LogP contribution >= 0.6 is 0 Å². The molecule has 1 saturated heterocycles. The van der Waals surface area contributed by atoms with E-state index in [0.717, 1.165) is 18.5 Å². The average molecular weight is 220 g/mol. The smallest absolute Gasteiger partial charge is 0.414 e. The lowest BCUT2D eigenvalue weighted by Gasteiger charge is -2.13. The molecule has 1 amide bonds. The SMILES string of the molecule is NCCCc1cccc(N2CCOC2=O)c1. The Morgan fingerprint density at radius 1 is 1.44 bits per heavy atom. The molecule has 0 atom stereocenters. The molecule has 0 saturated carbocycles. The molecule has 0 unspecified atom stereocenters. The van der Waals surface area contributed by atoms with Crippen LogP contribution < -0.4 is 10.6 Å². The van der Waals surface area contributed by atoms with Crippen LogP contribution in [0.4, 0.5) is 10.5 Å². The summed E-state index contributed by atoms with van der Waals surface area (Å²) in [5.41, 5.74) is 7.60. The molecular weight excluding hydrogens is 204 g/mol. The Bertz CT molecular complexity index is 379. The highest BCUT2D eigenvalue weighted by Crippen LogP contribution is 2.20. The van der Waals surface area contributed by atoms with E-state index in [4.69, 9.17) is 10.5 Å². The molecule has 1 heterocycles. The van der Waals surface area contributed by atoms with Crippen molar-refractivity contribution in [1.29, 1.82) is 0 Å². The van der Waals surface area contributed by atoms with Crippen LogP contribution in [0.25, 0.3) is 0 Å². The van der Waals surface area contributed by atoms with Gasteiger partial charge in [-0.15, -0.1) is 0 Å². The standard InChI is InChI=1S/C12H16N2O2/c13-6-2-4-10-3-1-5-11(9-10)14-7-8-16-12(14)15/h1,3,5,9H,2,4,6-8,13H2. The van der Waals surface area contributed by atoms with Crippen LogP contribution in [-0.4, -0.2) is 25.8 Å². The number of hydrogen-bond acceptors (Lipinski definition) is 3. The first-order valence-corrected chi connectivity index (χ1v) is 5.54. The number of benzene rings is 1. The summed E-state index contributed by atoms with van der Waals surface area (Å²) in [6.45, 7) is 1.81. The molecule has 2 N–H and O–H groups in total. The highest BCUT2D eigenvalue weighted by atomic mass is 16.6. The van der Waals surface area contributed by atoms with Gasteiger partial charge in [0.2, 0.25) is 0 Å². The van der Waals surface area contributed by atoms with Crippen molar-refractivity contribution in [3.05, 3.63) is 29.8 Å². The number of carbonyl (C=O) groups excluding carboxylic acids is 1. The minimum Gasteiger partial charge on any atom is -0.447 e. The first-order valence-electron chi connectivity index (χ1n) is 5.54. The van der Waals surface area contributed by atoms with Crippen molar-refractivity contribution >= 4 is 11.8 Å². The minimum absolute atomic E-state index is 0.254. The molecule has 1 aliphatic rings. The van der Waals surface area contributed by atoms with Crippen molar-refractivity contribution in [3.63, 3.8) is 0 Å². The molecule has 0 aromatic heterocycles. The molecular formula is C12H16N2O2. The topological polar surface area (TPSA) is 55.6 Å². The molecule has 4 nitrogen and oxygen atoms in total. The third kappa shape index (κ3) is 2.33. The highest BCUT2D eigenvalue weighted by Gasteiger charge is 2.23. The van der Waals surface area contributed by atoms with Crippen molar-refractivity contribution in [2.24, 2.45) is 5.73 Å². The van der Waals surface area contributed by atoms with Crippen LogP contribution in [0.1, 0.15) is 12.0 Å². The van der Waals surface area contributed by atoms with E-state index in [1.54, 1.807) is 4.90 Å². The largest absolute Gasteiger partial charge is 0.447 e. The van der Waals surface area contributed by atoms with Gasteiger partial charge in [-0.3, -0.25) is 4.90 Å². The van der Waals surface area contributed by atoms with Crippen LogP contribution in [0.15, 0.2) is 24.3 Å². The Morgan fingerprint density at radius 2 is 2.31 bits per heavy atom. The van der Waals surface area contributed by atoms with Crippen molar-refractivity contribution in [1.82, 2.24) is 0 Å². The molecule has 1 aliphatic heterocycles. The predicted octanol–water partition coefficient (Wildman–Crippen LogP) is 1.53. The zero-order valence-corrected chi connectivity index (χ0v) is 9.19. The number of aryl methyl sites for hydroxylation is 1. The molecule has 4 heteroatoms. The second-order valence-corrected chi connectivity index (χ2v) is 3.83. The molecule has 2 rings (SSSR count). The van der Waals surface area contributed by atoms with Crippen molar-refractivity contribution in [2.75, 3.05) is 24.6 Å². The zero-order chi connectivity index (χ0) is 11.4. The van der Waals surface area contributed by atoms with E-state index in [1.807, 2.05) is 18.2 Å². The van der Waals surface area contributed by atoms with E-state index in [-0.39, 0.29) is 6.09 Å². The number of carbonyl (C=O) groups is 1. The van der Waals surface area contributed by atoms with Crippen molar-refractivity contribution < 1.29 is 9.53 Å². The zero-order valence-electron chi connectivity index (χ0n) is 9.19. The highest BCUT2D eigenvalue weighted by molar-refractivity contribution is 5.89. The Kier molecular flexibility index (Phi) is 3.41. The number of nitrogens with two attached hydrogens (primary N) is 1. The lowest BCUT2D eigenvalue weighted by atomic mass is 10.1. The van der Waals surface area contributed by atoms with E-state index < -0.39 is 0 Å². The Labute approximate surface area is 95.0 Å². The minimum atomic E-state index is -0.254. The molecule has 1 aromatic rings. The molecule has 1 aromatic carbocycles. The summed E-state index contributed by atoms with van der Waals surface area (Å²) in [6.07, 6.45) is 1.66. The number of anilines is 1. The molecule has 0 aliphatic carbocycles. The van der Waals surface area contributed by atoms with E-state index >= 15 is 0 Å². The summed E-state index contributed by atoms with van der Waals surface area (Å²) in [4.78, 5) is 13.0. The summed E-state index contributed by atoms with van der Waals surface area (Å²) < 4.78 is 4.91. The Hall–Kier alpha value is -1.55. The second-order valence-electron chi connectivity index (χ2n) is 3.83. The number of ether oxygens (including phenoxy) is 1. The fourth-order valence-electron chi connectivity index (χ4n) is 1.81. The molecule has 1 fully saturated rings. The number of nitrogens with zero attached hydrogens (tertiary/aromatic N) is 1. The summed E-state index contributed by atoms with van der Waals surface area (Å²) in [5.74, 6) is 0. The third-order valence-electron chi connectivity index (χ3n) is 2.65. The normalized spacial score (nSPS) is 15.3. The maximum absolute atomic E-state index is 11.4. The molecule has 16 heavy (non-hydrogen) atoms. The Morgan fingerprint density at radius 3 is 3.00 bits per heavy atom. The molecule has 86 valence electrons. The number of rotatable bonds is 4. The van der Waals surface area contributed by atoms with Gasteiger partial charge in [-0.25, -0.2) is 4.79 Å². The summed E-state index contributed by atoms with van der Waals surface area (Å²) in [6, 6.07) is 7.98. The van der Waals surface area contributed by atoms with Gasteiger partial charge in [0.15, 0.2) is 0 Å². The molecule has 0 bridgehead atoms. The van der Waals surface area contributed by atoms with Crippen LogP contribution in [0, 0.1) is 0 Å². The van der Waals surface area contributed by atoms with Gasteiger partial charge in [-0.1, -0.05) is 12.1 Å². The number of hydrogen-bond donors (Lipinski definition) is 1. The van der Waals surface area contributed by atoms with Crippen LogP contribution in [-0.2, 0) is 11.2 Å². The van der Waals surface area contributed by atoms with Gasteiger partial charge < -0.3 is 10.5 Å². The first-order chi connectivity index (χ1) is 7.81. The van der Waals surface area contributed by atoms with Crippen molar-refractivity contribution in [3.8, 4) is 0 Å². The summed E-state index contributed by atoms with van der Waals surface area (Å²) in [5, 5.41) is 0. The van der Waals surface area contributed by atoms with Gasteiger partial charge in [0, 0.05) is 5.69 Å². The van der Waals surface area contributed by atoms with Gasteiger partial charge in [-0.2, -0.15) is 0 Å². The lowest BCUT2D eigenvalue weighted by Crippen LogP contribution is -2.23. The van der Waals surface area contributed by atoms with Gasteiger partial charge in [0.1, 0.15) is 6.61 Å². The van der Waals surface area contributed by atoms with Gasteiger partial charge in [0.05, 0.1) is 6.54 Å². The maximum Gasteiger partial charge on any atom is 0.414 e. The lowest BCUT2D eigenvalue weighted by molar-refractivity contribution is 0.181. The van der Waals surface area contributed by atoms with E-state index in [2.05, 4.69) is 6.07 Å². The summed E-state index contributed by atoms with van der Waals surface area (Å²) >= 11 is 0. The first kappa shape index (κ1) is 11.0. The molecule has 0 radical (unpaired) electrons. The van der Waals surface area contributed by atoms with Crippen LogP contribution in [0.5, 0.6) is 0 Å². The predicted molar refractivity (Wildman–Crippen MR) is 62.5 cm³/mol. The molecule has 0 spiro atoms. The van der Waals surface area contributed by atoms with Crippen LogP contribution in [0.2, 0.25) is 0 Å². The van der Waals surface area contributed by atoms with E-state index in [1.165, 1.54) is 5.56 Å².